The first-order valence-corrected chi connectivity index (χ1v) is 14.0. The molecule has 33 heavy (non-hydrogen) atoms. The summed E-state index contributed by atoms with van der Waals surface area (Å²) in [5.41, 5.74) is 0.903. The largest absolute Gasteiger partial charge is 0.469 e. The normalized spacial score (nSPS) is 48.8. The van der Waals surface area contributed by atoms with Crippen LogP contribution in [0.1, 0.15) is 105 Å². The number of fused-ring (bicyclic) bond motifs is 7. The van der Waals surface area contributed by atoms with E-state index in [1.807, 2.05) is 0 Å². The Morgan fingerprint density at radius 2 is 1.61 bits per heavy atom. The fraction of sp³-hybridized carbons (Fsp3) is 0.966. The lowest BCUT2D eigenvalue weighted by Crippen LogP contribution is -2.57. The molecule has 10 atom stereocenters. The fourth-order valence-electron chi connectivity index (χ4n) is 10.1. The Morgan fingerprint density at radius 3 is 2.36 bits per heavy atom. The van der Waals surface area contributed by atoms with Gasteiger partial charge in [0, 0.05) is 6.42 Å². The molecule has 4 aliphatic carbocycles. The Balaban J connectivity index is 1.29. The molecule has 5 fully saturated rings. The van der Waals surface area contributed by atoms with Gasteiger partial charge in [0.1, 0.15) is 0 Å². The van der Waals surface area contributed by atoms with Crippen molar-refractivity contribution >= 4 is 5.97 Å². The number of rotatable bonds is 5. The van der Waals surface area contributed by atoms with E-state index in [-0.39, 0.29) is 5.97 Å². The Labute approximate surface area is 201 Å². The van der Waals surface area contributed by atoms with E-state index in [1.54, 1.807) is 0 Å². The minimum Gasteiger partial charge on any atom is -0.469 e. The molecule has 0 aromatic rings. The van der Waals surface area contributed by atoms with Gasteiger partial charge >= 0.3 is 5.97 Å². The molecule has 1 saturated heterocycles. The number of ether oxygens (including phenoxy) is 3. The Hall–Kier alpha value is -0.610. The highest BCUT2D eigenvalue weighted by atomic mass is 16.8. The molecular weight excluding hydrogens is 412 g/mol. The fourth-order valence-corrected chi connectivity index (χ4v) is 10.1. The van der Waals surface area contributed by atoms with Gasteiger partial charge in [-0.25, -0.2) is 0 Å². The minimum atomic E-state index is -0.411. The number of esters is 1. The molecular formula is C29H48O4. The summed E-state index contributed by atoms with van der Waals surface area (Å²) in [6.45, 7) is 11.9. The van der Waals surface area contributed by atoms with Crippen LogP contribution in [0.15, 0.2) is 0 Å². The third-order valence-corrected chi connectivity index (χ3v) is 11.6. The van der Waals surface area contributed by atoms with Crippen LogP contribution < -0.4 is 0 Å². The minimum absolute atomic E-state index is 0.0574. The zero-order chi connectivity index (χ0) is 23.6. The second kappa shape index (κ2) is 8.50. The molecule has 0 spiro atoms. The van der Waals surface area contributed by atoms with Crippen LogP contribution in [-0.4, -0.2) is 31.1 Å². The van der Waals surface area contributed by atoms with Crippen molar-refractivity contribution in [3.63, 3.8) is 0 Å². The van der Waals surface area contributed by atoms with Gasteiger partial charge in [-0.2, -0.15) is 0 Å². The van der Waals surface area contributed by atoms with Crippen molar-refractivity contribution in [1.82, 2.24) is 0 Å². The molecule has 1 aliphatic heterocycles. The van der Waals surface area contributed by atoms with Crippen LogP contribution in [0.4, 0.5) is 0 Å². The Kier molecular flexibility index (Phi) is 6.21. The van der Waals surface area contributed by atoms with E-state index in [9.17, 15) is 4.79 Å². The summed E-state index contributed by atoms with van der Waals surface area (Å²) in [6, 6.07) is 0. The van der Waals surface area contributed by atoms with Crippen LogP contribution in [0.2, 0.25) is 0 Å². The average molecular weight is 461 g/mol. The van der Waals surface area contributed by atoms with Crippen LogP contribution >= 0.6 is 0 Å². The molecule has 0 aromatic heterocycles. The second-order valence-corrected chi connectivity index (χ2v) is 13.4. The molecule has 0 N–H and O–H groups in total. The monoisotopic (exact) mass is 460 g/mol. The molecule has 5 aliphatic rings. The molecule has 4 heteroatoms. The van der Waals surface area contributed by atoms with Crippen LogP contribution in [0.5, 0.6) is 0 Å². The van der Waals surface area contributed by atoms with Gasteiger partial charge in [0.15, 0.2) is 5.79 Å². The zero-order valence-electron chi connectivity index (χ0n) is 22.0. The topological polar surface area (TPSA) is 44.8 Å². The first-order valence-electron chi connectivity index (χ1n) is 14.0. The van der Waals surface area contributed by atoms with Crippen molar-refractivity contribution in [1.29, 1.82) is 0 Å². The van der Waals surface area contributed by atoms with Crippen LogP contribution in [0, 0.1) is 46.3 Å². The molecule has 4 saturated carbocycles. The van der Waals surface area contributed by atoms with Gasteiger partial charge in [0.05, 0.1) is 19.3 Å². The lowest BCUT2D eigenvalue weighted by Gasteiger charge is -2.62. The van der Waals surface area contributed by atoms with Crippen LogP contribution in [0.3, 0.4) is 0 Å². The van der Waals surface area contributed by atoms with Gasteiger partial charge in [-0.1, -0.05) is 20.8 Å². The highest BCUT2D eigenvalue weighted by molar-refractivity contribution is 5.68. The van der Waals surface area contributed by atoms with E-state index >= 15 is 0 Å². The van der Waals surface area contributed by atoms with Crippen molar-refractivity contribution in [2.24, 2.45) is 46.3 Å². The first-order chi connectivity index (χ1) is 15.6. The van der Waals surface area contributed by atoms with Crippen LogP contribution in [0.25, 0.3) is 0 Å². The van der Waals surface area contributed by atoms with E-state index in [4.69, 9.17) is 14.2 Å². The predicted molar refractivity (Wildman–Crippen MR) is 129 cm³/mol. The van der Waals surface area contributed by atoms with Gasteiger partial charge < -0.3 is 14.2 Å². The van der Waals surface area contributed by atoms with Gasteiger partial charge in [0.25, 0.3) is 0 Å². The molecule has 0 unspecified atom stereocenters. The maximum atomic E-state index is 11.6. The quantitative estimate of drug-likeness (QED) is 0.425. The highest BCUT2D eigenvalue weighted by Gasteiger charge is 2.64. The van der Waals surface area contributed by atoms with E-state index in [1.165, 1.54) is 58.5 Å². The van der Waals surface area contributed by atoms with Gasteiger partial charge in [0.2, 0.25) is 0 Å². The van der Waals surface area contributed by atoms with Crippen molar-refractivity contribution in [3.05, 3.63) is 0 Å². The maximum absolute atomic E-state index is 11.6. The number of hydrogen-bond donors (Lipinski definition) is 0. The van der Waals surface area contributed by atoms with Crippen molar-refractivity contribution in [3.8, 4) is 0 Å². The third-order valence-electron chi connectivity index (χ3n) is 11.6. The van der Waals surface area contributed by atoms with Crippen LogP contribution in [-0.2, 0) is 19.0 Å². The van der Waals surface area contributed by atoms with Gasteiger partial charge in [-0.3, -0.25) is 4.79 Å². The molecule has 0 aromatic carbocycles. The van der Waals surface area contributed by atoms with Crippen molar-refractivity contribution in [2.75, 3.05) is 7.11 Å². The summed E-state index contributed by atoms with van der Waals surface area (Å²) in [5.74, 6) is 4.35. The van der Waals surface area contributed by atoms with E-state index in [0.29, 0.717) is 41.3 Å². The molecule has 0 bridgehead atoms. The Bertz CT molecular complexity index is 748. The maximum Gasteiger partial charge on any atom is 0.305 e. The summed E-state index contributed by atoms with van der Waals surface area (Å²) in [4.78, 5) is 11.6. The third kappa shape index (κ3) is 3.90. The molecule has 1 heterocycles. The molecule has 5 rings (SSSR count). The Morgan fingerprint density at radius 1 is 0.909 bits per heavy atom. The summed E-state index contributed by atoms with van der Waals surface area (Å²) < 4.78 is 17.7. The van der Waals surface area contributed by atoms with Gasteiger partial charge in [-0.05, 0) is 124 Å². The summed E-state index contributed by atoms with van der Waals surface area (Å²) in [6.07, 6.45) is 14.1. The number of carbonyl (C=O) groups is 1. The standard InChI is InChI=1S/C29H48O4/c1-18(8-7-9-25(30)31-6)20-12-13-21-19-10-11-23-26-24(32-27(2,3)33-26)15-17-29(23,5)22(19)14-16-28(20,21)4/h18-24,26H,7-17H2,1-6H3/t18-,19+,20-,21+,22+,23+,24+,26-,28-,29-/m1/s1. The van der Waals surface area contributed by atoms with E-state index in [0.717, 1.165) is 36.5 Å². The molecule has 4 nitrogen and oxygen atoms in total. The molecule has 0 radical (unpaired) electrons. The number of carbonyl (C=O) groups excluding carboxylic acids is 1. The summed E-state index contributed by atoms with van der Waals surface area (Å²) in [5, 5.41) is 0. The first kappa shape index (κ1) is 24.1. The summed E-state index contributed by atoms with van der Waals surface area (Å²) in [7, 11) is 1.50. The molecule has 188 valence electrons. The second-order valence-electron chi connectivity index (χ2n) is 13.4. The highest BCUT2D eigenvalue weighted by Crippen LogP contribution is 2.69. The lowest BCUT2D eigenvalue weighted by molar-refractivity contribution is -0.170. The van der Waals surface area contributed by atoms with E-state index < -0.39 is 5.79 Å². The van der Waals surface area contributed by atoms with E-state index in [2.05, 4.69) is 34.6 Å². The van der Waals surface area contributed by atoms with Crippen molar-refractivity contribution in [2.45, 2.75) is 123 Å². The summed E-state index contributed by atoms with van der Waals surface area (Å²) >= 11 is 0. The number of hydrogen-bond acceptors (Lipinski definition) is 4. The SMILES string of the molecule is COC(=O)CCC[C@@H](C)[C@H]1CC[C@H]2[C@@H]3CC[C@H]4[C@H]5OC(C)(C)O[C@H]5CC[C@]4(C)[C@H]3CC[C@]12C. The average Bonchev–Trinajstić information content (AvgIpc) is 3.28. The van der Waals surface area contributed by atoms with Crippen molar-refractivity contribution < 1.29 is 19.0 Å². The zero-order valence-corrected chi connectivity index (χ0v) is 22.0. The van der Waals surface area contributed by atoms with Gasteiger partial charge in [-0.15, -0.1) is 0 Å². The lowest BCUT2D eigenvalue weighted by atomic mass is 9.44. The molecule has 0 amide bonds. The predicted octanol–water partition coefficient (Wildman–Crippen LogP) is 6.75. The smallest absolute Gasteiger partial charge is 0.305 e. The number of methoxy groups -OCH3 is 1.